The Labute approximate surface area is 104 Å². The molecule has 0 atom stereocenters. The number of aromatic hydroxyl groups is 1. The molecule has 0 heterocycles. The Morgan fingerprint density at radius 3 is 2.61 bits per heavy atom. The Kier molecular flexibility index (Phi) is 3.67. The summed E-state index contributed by atoms with van der Waals surface area (Å²) in [5.41, 5.74) is 0.646. The molecule has 18 heavy (non-hydrogen) atoms. The molecule has 0 spiro atoms. The van der Waals surface area contributed by atoms with Gasteiger partial charge >= 0.3 is 0 Å². The van der Waals surface area contributed by atoms with Crippen LogP contribution in [0.1, 0.15) is 5.56 Å². The Balaban J connectivity index is 2.04. The summed E-state index contributed by atoms with van der Waals surface area (Å²) in [6, 6.07) is 11.3. The smallest absolute Gasteiger partial charge is 0.165 e. The number of phenols is 1. The van der Waals surface area contributed by atoms with Gasteiger partial charge in [-0.05, 0) is 29.8 Å². The van der Waals surface area contributed by atoms with E-state index in [4.69, 9.17) is 14.6 Å². The van der Waals surface area contributed by atoms with Crippen LogP contribution in [0, 0.1) is 5.82 Å². The van der Waals surface area contributed by atoms with Crippen LogP contribution in [0.3, 0.4) is 0 Å². The number of methoxy groups -OCH3 is 1. The zero-order chi connectivity index (χ0) is 13.0. The van der Waals surface area contributed by atoms with Gasteiger partial charge in [-0.2, -0.15) is 0 Å². The van der Waals surface area contributed by atoms with Crippen LogP contribution in [-0.4, -0.2) is 12.2 Å². The number of ether oxygens (including phenoxy) is 2. The van der Waals surface area contributed by atoms with Crippen molar-refractivity contribution in [2.24, 2.45) is 0 Å². The first-order valence-corrected chi connectivity index (χ1v) is 5.43. The van der Waals surface area contributed by atoms with Gasteiger partial charge in [-0.3, -0.25) is 0 Å². The lowest BCUT2D eigenvalue weighted by Crippen LogP contribution is -1.96. The molecule has 94 valence electrons. The Bertz CT molecular complexity index is 540. The summed E-state index contributed by atoms with van der Waals surface area (Å²) in [5, 5.41) is 9.06. The standard InChI is InChI=1S/C14H13FO3/c1-17-11-3-2-4-12(8-11)18-9-10-5-6-14(16)13(15)7-10/h2-8,16H,9H2,1H3. The molecule has 0 unspecified atom stereocenters. The minimum Gasteiger partial charge on any atom is -0.505 e. The molecule has 0 saturated carbocycles. The Morgan fingerprint density at radius 1 is 1.11 bits per heavy atom. The van der Waals surface area contributed by atoms with Gasteiger partial charge in [-0.1, -0.05) is 12.1 Å². The van der Waals surface area contributed by atoms with E-state index in [-0.39, 0.29) is 12.4 Å². The summed E-state index contributed by atoms with van der Waals surface area (Å²) >= 11 is 0. The molecule has 1 N–H and O–H groups in total. The second-order valence-electron chi connectivity index (χ2n) is 3.75. The molecule has 0 aliphatic rings. The topological polar surface area (TPSA) is 38.7 Å². The van der Waals surface area contributed by atoms with E-state index in [0.29, 0.717) is 17.1 Å². The SMILES string of the molecule is COc1cccc(OCc2ccc(O)c(F)c2)c1. The molecule has 2 aromatic carbocycles. The summed E-state index contributed by atoms with van der Waals surface area (Å²) in [6.07, 6.45) is 0. The second-order valence-corrected chi connectivity index (χ2v) is 3.75. The predicted octanol–water partition coefficient (Wildman–Crippen LogP) is 3.12. The number of phenolic OH excluding ortho intramolecular Hbond substituents is 1. The van der Waals surface area contributed by atoms with Crippen LogP contribution < -0.4 is 9.47 Å². The molecule has 4 heteroatoms. The van der Waals surface area contributed by atoms with Gasteiger partial charge in [0.05, 0.1) is 7.11 Å². The van der Waals surface area contributed by atoms with Crippen molar-refractivity contribution in [2.45, 2.75) is 6.61 Å². The van der Waals surface area contributed by atoms with Gasteiger partial charge in [0.25, 0.3) is 0 Å². The van der Waals surface area contributed by atoms with Crippen LogP contribution in [0.4, 0.5) is 4.39 Å². The largest absolute Gasteiger partial charge is 0.505 e. The molecular weight excluding hydrogens is 235 g/mol. The molecule has 0 aliphatic carbocycles. The van der Waals surface area contributed by atoms with Crippen LogP contribution in [0.25, 0.3) is 0 Å². The van der Waals surface area contributed by atoms with Crippen molar-refractivity contribution in [3.05, 3.63) is 53.8 Å². The number of halogens is 1. The van der Waals surface area contributed by atoms with E-state index in [1.54, 1.807) is 25.3 Å². The number of benzene rings is 2. The molecule has 0 saturated heterocycles. The van der Waals surface area contributed by atoms with E-state index < -0.39 is 5.82 Å². The zero-order valence-corrected chi connectivity index (χ0v) is 9.89. The number of hydrogen-bond donors (Lipinski definition) is 1. The molecule has 0 aliphatic heterocycles. The van der Waals surface area contributed by atoms with Crippen LogP contribution in [0.5, 0.6) is 17.2 Å². The number of rotatable bonds is 4. The van der Waals surface area contributed by atoms with E-state index in [2.05, 4.69) is 0 Å². The van der Waals surface area contributed by atoms with Crippen LogP contribution in [0.15, 0.2) is 42.5 Å². The van der Waals surface area contributed by atoms with E-state index in [1.807, 2.05) is 12.1 Å². The molecule has 0 aromatic heterocycles. The highest BCUT2D eigenvalue weighted by atomic mass is 19.1. The highest BCUT2D eigenvalue weighted by Crippen LogP contribution is 2.21. The monoisotopic (exact) mass is 248 g/mol. The summed E-state index contributed by atoms with van der Waals surface area (Å²) < 4.78 is 23.7. The molecule has 0 fully saturated rings. The lowest BCUT2D eigenvalue weighted by molar-refractivity contribution is 0.302. The van der Waals surface area contributed by atoms with Gasteiger partial charge in [-0.25, -0.2) is 4.39 Å². The summed E-state index contributed by atoms with van der Waals surface area (Å²) in [4.78, 5) is 0. The highest BCUT2D eigenvalue weighted by molar-refractivity contribution is 5.33. The van der Waals surface area contributed by atoms with Crippen LogP contribution in [-0.2, 0) is 6.61 Å². The maximum absolute atomic E-state index is 13.1. The molecule has 0 radical (unpaired) electrons. The van der Waals surface area contributed by atoms with E-state index in [9.17, 15) is 4.39 Å². The average Bonchev–Trinajstić information content (AvgIpc) is 2.40. The van der Waals surface area contributed by atoms with Gasteiger partial charge in [0.1, 0.15) is 18.1 Å². The molecule has 2 rings (SSSR count). The van der Waals surface area contributed by atoms with Crippen molar-refractivity contribution in [3.8, 4) is 17.2 Å². The van der Waals surface area contributed by atoms with Crippen molar-refractivity contribution < 1.29 is 19.0 Å². The summed E-state index contributed by atoms with van der Waals surface area (Å²) in [6.45, 7) is 0.227. The van der Waals surface area contributed by atoms with Crippen molar-refractivity contribution in [3.63, 3.8) is 0 Å². The van der Waals surface area contributed by atoms with Crippen molar-refractivity contribution in [2.75, 3.05) is 7.11 Å². The third-order valence-electron chi connectivity index (χ3n) is 2.46. The van der Waals surface area contributed by atoms with Crippen LogP contribution in [0.2, 0.25) is 0 Å². The normalized spacial score (nSPS) is 10.1. The zero-order valence-electron chi connectivity index (χ0n) is 9.89. The van der Waals surface area contributed by atoms with Gasteiger partial charge in [0, 0.05) is 6.07 Å². The van der Waals surface area contributed by atoms with Gasteiger partial charge < -0.3 is 14.6 Å². The molecule has 3 nitrogen and oxygen atoms in total. The lowest BCUT2D eigenvalue weighted by Gasteiger charge is -2.08. The minimum absolute atomic E-state index is 0.227. The van der Waals surface area contributed by atoms with E-state index >= 15 is 0 Å². The quantitative estimate of drug-likeness (QED) is 0.903. The van der Waals surface area contributed by atoms with E-state index in [0.717, 1.165) is 0 Å². The summed E-state index contributed by atoms with van der Waals surface area (Å²) in [5.74, 6) is 0.328. The fourth-order valence-corrected chi connectivity index (χ4v) is 1.50. The molecular formula is C14H13FO3. The molecule has 2 aromatic rings. The highest BCUT2D eigenvalue weighted by Gasteiger charge is 2.03. The maximum Gasteiger partial charge on any atom is 0.165 e. The second kappa shape index (κ2) is 5.40. The predicted molar refractivity (Wildman–Crippen MR) is 65.4 cm³/mol. The minimum atomic E-state index is -0.651. The van der Waals surface area contributed by atoms with Crippen molar-refractivity contribution in [1.29, 1.82) is 0 Å². The molecule has 0 bridgehead atoms. The average molecular weight is 248 g/mol. The van der Waals surface area contributed by atoms with Gasteiger partial charge in [0.15, 0.2) is 11.6 Å². The Hall–Kier alpha value is -2.23. The molecule has 0 amide bonds. The number of hydrogen-bond acceptors (Lipinski definition) is 3. The first kappa shape index (κ1) is 12.2. The van der Waals surface area contributed by atoms with Gasteiger partial charge in [-0.15, -0.1) is 0 Å². The van der Waals surface area contributed by atoms with Crippen molar-refractivity contribution >= 4 is 0 Å². The summed E-state index contributed by atoms with van der Waals surface area (Å²) in [7, 11) is 1.58. The van der Waals surface area contributed by atoms with Crippen molar-refractivity contribution in [1.82, 2.24) is 0 Å². The fourth-order valence-electron chi connectivity index (χ4n) is 1.50. The third kappa shape index (κ3) is 2.91. The fraction of sp³-hybridized carbons (Fsp3) is 0.143. The van der Waals surface area contributed by atoms with Gasteiger partial charge in [0.2, 0.25) is 0 Å². The Morgan fingerprint density at radius 2 is 1.89 bits per heavy atom. The first-order valence-electron chi connectivity index (χ1n) is 5.43. The van der Waals surface area contributed by atoms with E-state index in [1.165, 1.54) is 12.1 Å². The van der Waals surface area contributed by atoms with Crippen LogP contribution >= 0.6 is 0 Å². The third-order valence-corrected chi connectivity index (χ3v) is 2.46. The lowest BCUT2D eigenvalue weighted by atomic mass is 10.2. The maximum atomic E-state index is 13.1. The first-order chi connectivity index (χ1) is 8.69.